The molecular formula is C35H52O2. The van der Waals surface area contributed by atoms with Gasteiger partial charge in [-0.25, -0.2) is 0 Å². The van der Waals surface area contributed by atoms with Crippen LogP contribution in [0.15, 0.2) is 24.3 Å². The lowest BCUT2D eigenvalue weighted by Crippen LogP contribution is -2.22. The lowest BCUT2D eigenvalue weighted by molar-refractivity contribution is 0.394. The lowest BCUT2D eigenvalue weighted by atomic mass is 9.71. The summed E-state index contributed by atoms with van der Waals surface area (Å²) in [6.07, 6.45) is 14.4. The maximum absolute atomic E-state index is 11.9. The molecule has 2 N–H and O–H groups in total. The predicted octanol–water partition coefficient (Wildman–Crippen LogP) is 10.5. The first-order chi connectivity index (χ1) is 17.7. The van der Waals surface area contributed by atoms with Gasteiger partial charge in [0.1, 0.15) is 11.5 Å². The number of hydrogen-bond donors (Lipinski definition) is 2. The lowest BCUT2D eigenvalue weighted by Gasteiger charge is -2.34. The summed E-state index contributed by atoms with van der Waals surface area (Å²) < 4.78 is 0. The normalized spacial score (nSPS) is 19.6. The summed E-state index contributed by atoms with van der Waals surface area (Å²) in [7, 11) is 0. The quantitative estimate of drug-likeness (QED) is 0.375. The van der Waals surface area contributed by atoms with Crippen LogP contribution in [0.5, 0.6) is 11.5 Å². The third-order valence-electron chi connectivity index (χ3n) is 10.1. The van der Waals surface area contributed by atoms with Gasteiger partial charge in [0.2, 0.25) is 0 Å². The highest BCUT2D eigenvalue weighted by atomic mass is 16.3. The van der Waals surface area contributed by atoms with Crippen molar-refractivity contribution in [3.63, 3.8) is 0 Å². The van der Waals surface area contributed by atoms with E-state index in [2.05, 4.69) is 65.8 Å². The van der Waals surface area contributed by atoms with Crippen LogP contribution in [0.2, 0.25) is 0 Å². The predicted molar refractivity (Wildman–Crippen MR) is 157 cm³/mol. The SMILES string of the molecule is CCC(C)c1cc(C2CCCCC2)c(O)c(C(C)(C)c2cc(C(C)CC)cc(C3CCCCC3)c2O)c1. The summed E-state index contributed by atoms with van der Waals surface area (Å²) >= 11 is 0. The molecule has 2 heteroatoms. The van der Waals surface area contributed by atoms with Crippen LogP contribution < -0.4 is 0 Å². The zero-order chi connectivity index (χ0) is 26.7. The fourth-order valence-corrected chi connectivity index (χ4v) is 6.95. The molecule has 0 aromatic heterocycles. The average Bonchev–Trinajstić information content (AvgIpc) is 2.93. The number of hydrogen-bond acceptors (Lipinski definition) is 2. The molecule has 2 unspecified atom stereocenters. The number of benzene rings is 2. The van der Waals surface area contributed by atoms with E-state index in [9.17, 15) is 10.2 Å². The fraction of sp³-hybridized carbons (Fsp3) is 0.657. The van der Waals surface area contributed by atoms with Gasteiger partial charge in [0.05, 0.1) is 0 Å². The van der Waals surface area contributed by atoms with Gasteiger partial charge in [0, 0.05) is 16.5 Å². The summed E-state index contributed by atoms with van der Waals surface area (Å²) in [6, 6.07) is 9.13. The first-order valence-corrected chi connectivity index (χ1v) is 15.4. The Morgan fingerprint density at radius 2 is 1.00 bits per heavy atom. The Morgan fingerprint density at radius 1 is 0.649 bits per heavy atom. The van der Waals surface area contributed by atoms with Crippen LogP contribution in [0.4, 0.5) is 0 Å². The summed E-state index contributed by atoms with van der Waals surface area (Å²) in [4.78, 5) is 0. The van der Waals surface area contributed by atoms with E-state index in [-0.39, 0.29) is 0 Å². The Labute approximate surface area is 226 Å². The molecule has 2 aromatic rings. The van der Waals surface area contributed by atoms with Gasteiger partial charge in [-0.3, -0.25) is 0 Å². The summed E-state index contributed by atoms with van der Waals surface area (Å²) in [5.41, 5.74) is 6.40. The molecule has 0 bridgehead atoms. The van der Waals surface area contributed by atoms with Gasteiger partial charge >= 0.3 is 0 Å². The molecule has 2 atom stereocenters. The Balaban J connectivity index is 1.90. The number of phenolic OH excluding ortho intramolecular Hbond substituents is 2. The second-order valence-electron chi connectivity index (χ2n) is 12.9. The van der Waals surface area contributed by atoms with Gasteiger partial charge in [0.15, 0.2) is 0 Å². The van der Waals surface area contributed by atoms with Crippen molar-refractivity contribution in [2.75, 3.05) is 0 Å². The van der Waals surface area contributed by atoms with Crippen LogP contribution in [0.3, 0.4) is 0 Å². The topological polar surface area (TPSA) is 40.5 Å². The van der Waals surface area contributed by atoms with Gasteiger partial charge in [-0.05, 0) is 84.5 Å². The van der Waals surface area contributed by atoms with E-state index in [0.29, 0.717) is 35.2 Å². The molecule has 37 heavy (non-hydrogen) atoms. The number of phenols is 2. The largest absolute Gasteiger partial charge is 0.507 e. The van der Waals surface area contributed by atoms with Crippen molar-refractivity contribution in [3.05, 3.63) is 57.6 Å². The molecule has 2 aliphatic carbocycles. The van der Waals surface area contributed by atoms with E-state index < -0.39 is 5.41 Å². The van der Waals surface area contributed by atoms with Crippen LogP contribution in [0.25, 0.3) is 0 Å². The summed E-state index contributed by atoms with van der Waals surface area (Å²) in [6.45, 7) is 13.5. The molecule has 0 saturated heterocycles. The Morgan fingerprint density at radius 3 is 1.32 bits per heavy atom. The van der Waals surface area contributed by atoms with E-state index in [1.165, 1.54) is 49.7 Å². The summed E-state index contributed by atoms with van der Waals surface area (Å²) in [5, 5.41) is 23.7. The molecule has 0 amide bonds. The minimum absolute atomic E-state index is 0.435. The van der Waals surface area contributed by atoms with Crippen molar-refractivity contribution in [3.8, 4) is 11.5 Å². The smallest absolute Gasteiger partial charge is 0.123 e. The molecule has 2 aromatic carbocycles. The van der Waals surface area contributed by atoms with Gasteiger partial charge in [0.25, 0.3) is 0 Å². The molecule has 4 rings (SSSR count). The molecule has 204 valence electrons. The van der Waals surface area contributed by atoms with E-state index >= 15 is 0 Å². The van der Waals surface area contributed by atoms with Crippen LogP contribution in [0.1, 0.15) is 176 Å². The maximum atomic E-state index is 11.9. The molecule has 0 radical (unpaired) electrons. The highest BCUT2D eigenvalue weighted by Gasteiger charge is 2.35. The monoisotopic (exact) mass is 504 g/mol. The molecule has 2 fully saturated rings. The van der Waals surface area contributed by atoms with Gasteiger partial charge in [-0.1, -0.05) is 104 Å². The third-order valence-corrected chi connectivity index (χ3v) is 10.1. The van der Waals surface area contributed by atoms with Crippen LogP contribution in [0, 0.1) is 0 Å². The zero-order valence-corrected chi connectivity index (χ0v) is 24.5. The fourth-order valence-electron chi connectivity index (χ4n) is 6.95. The van der Waals surface area contributed by atoms with Crippen molar-refractivity contribution < 1.29 is 10.2 Å². The van der Waals surface area contributed by atoms with Crippen molar-refractivity contribution >= 4 is 0 Å². The van der Waals surface area contributed by atoms with Crippen molar-refractivity contribution in [1.29, 1.82) is 0 Å². The van der Waals surface area contributed by atoms with Crippen LogP contribution in [-0.2, 0) is 5.41 Å². The van der Waals surface area contributed by atoms with Crippen molar-refractivity contribution in [2.45, 2.75) is 148 Å². The molecule has 0 spiro atoms. The number of aromatic hydroxyl groups is 2. The highest BCUT2D eigenvalue weighted by molar-refractivity contribution is 5.58. The molecule has 0 heterocycles. The minimum Gasteiger partial charge on any atom is -0.507 e. The molecule has 2 saturated carbocycles. The second kappa shape index (κ2) is 11.8. The molecule has 2 nitrogen and oxygen atoms in total. The molecule has 0 aliphatic heterocycles. The van der Waals surface area contributed by atoms with E-state index in [0.717, 1.165) is 60.8 Å². The van der Waals surface area contributed by atoms with Crippen LogP contribution in [-0.4, -0.2) is 10.2 Å². The average molecular weight is 505 g/mol. The van der Waals surface area contributed by atoms with E-state index in [1.807, 2.05) is 0 Å². The standard InChI is InChI=1S/C35H52O2/c1-7-23(3)27-19-29(25-15-11-9-12-16-25)33(36)31(21-27)35(5,6)32-22-28(24(4)8-2)20-30(34(32)37)26-17-13-10-14-18-26/h19-26,36-37H,7-18H2,1-6H3. The first-order valence-electron chi connectivity index (χ1n) is 15.4. The third kappa shape index (κ3) is 5.74. The zero-order valence-electron chi connectivity index (χ0n) is 24.5. The van der Waals surface area contributed by atoms with Gasteiger partial charge in [-0.15, -0.1) is 0 Å². The van der Waals surface area contributed by atoms with Crippen LogP contribution >= 0.6 is 0 Å². The van der Waals surface area contributed by atoms with Gasteiger partial charge < -0.3 is 10.2 Å². The minimum atomic E-state index is -0.506. The van der Waals surface area contributed by atoms with E-state index in [1.54, 1.807) is 0 Å². The number of rotatable bonds is 8. The van der Waals surface area contributed by atoms with Crippen molar-refractivity contribution in [1.82, 2.24) is 0 Å². The summed E-state index contributed by atoms with van der Waals surface area (Å²) in [5.74, 6) is 2.69. The Kier molecular flexibility index (Phi) is 8.97. The second-order valence-corrected chi connectivity index (χ2v) is 12.9. The van der Waals surface area contributed by atoms with E-state index in [4.69, 9.17) is 0 Å². The first kappa shape index (κ1) is 28.1. The maximum Gasteiger partial charge on any atom is 0.123 e. The Bertz CT molecular complexity index is 970. The Hall–Kier alpha value is -1.96. The molecular weight excluding hydrogens is 452 g/mol. The highest BCUT2D eigenvalue weighted by Crippen LogP contribution is 2.50. The molecule has 2 aliphatic rings. The van der Waals surface area contributed by atoms with Crippen molar-refractivity contribution in [2.24, 2.45) is 0 Å². The van der Waals surface area contributed by atoms with Gasteiger partial charge in [-0.2, -0.15) is 0 Å².